The third kappa shape index (κ3) is 3.85. The van der Waals surface area contributed by atoms with E-state index >= 15 is 0 Å². The number of carbonyl (C=O) groups excluding carboxylic acids is 1. The van der Waals surface area contributed by atoms with Crippen LogP contribution in [0.5, 0.6) is 5.75 Å². The number of Topliss-reactive ketones (excluding diaryl/α,β-unsaturated/α-hetero) is 1. The lowest BCUT2D eigenvalue weighted by molar-refractivity contribution is 0.0992. The van der Waals surface area contributed by atoms with Gasteiger partial charge >= 0.3 is 0 Å². The molecule has 21 heavy (non-hydrogen) atoms. The molecule has 2 nitrogen and oxygen atoms in total. The Morgan fingerprint density at radius 3 is 2.38 bits per heavy atom. The molecule has 2 aromatic rings. The second-order valence-electron chi connectivity index (χ2n) is 5.33. The maximum absolute atomic E-state index is 12.4. The molecule has 0 aliphatic carbocycles. The summed E-state index contributed by atoms with van der Waals surface area (Å²) in [4.78, 5) is 12.4. The maximum atomic E-state index is 12.4. The van der Waals surface area contributed by atoms with Gasteiger partial charge in [0.2, 0.25) is 0 Å². The van der Waals surface area contributed by atoms with Crippen LogP contribution in [0.4, 0.5) is 0 Å². The molecule has 0 bridgehead atoms. The normalized spacial score (nSPS) is 10.7. The van der Waals surface area contributed by atoms with E-state index in [4.69, 9.17) is 16.3 Å². The maximum Gasteiger partial charge on any atom is 0.167 e. The first-order valence-corrected chi connectivity index (χ1v) is 7.34. The molecule has 0 amide bonds. The van der Waals surface area contributed by atoms with E-state index in [2.05, 4.69) is 13.8 Å². The van der Waals surface area contributed by atoms with Crippen molar-refractivity contribution in [3.8, 4) is 5.75 Å². The molecular formula is C18H19ClO2. The predicted octanol–water partition coefficient (Wildman–Crippen LogP) is 4.90. The van der Waals surface area contributed by atoms with E-state index in [9.17, 15) is 4.79 Å². The van der Waals surface area contributed by atoms with Gasteiger partial charge in [-0.25, -0.2) is 0 Å². The van der Waals surface area contributed by atoms with Gasteiger partial charge in [-0.1, -0.05) is 49.7 Å². The molecule has 0 fully saturated rings. The van der Waals surface area contributed by atoms with Crippen LogP contribution in [-0.4, -0.2) is 12.9 Å². The molecule has 0 aromatic heterocycles. The van der Waals surface area contributed by atoms with Crippen molar-refractivity contribution in [1.82, 2.24) is 0 Å². The Morgan fingerprint density at radius 1 is 1.14 bits per heavy atom. The molecule has 110 valence electrons. The summed E-state index contributed by atoms with van der Waals surface area (Å²) in [6.45, 7) is 4.27. The number of halogens is 1. The molecule has 0 saturated heterocycles. The fraction of sp³-hybridized carbons (Fsp3) is 0.278. The molecule has 2 aromatic carbocycles. The molecule has 0 aliphatic heterocycles. The van der Waals surface area contributed by atoms with Gasteiger partial charge < -0.3 is 4.74 Å². The van der Waals surface area contributed by atoms with E-state index in [0.717, 1.165) is 5.56 Å². The second-order valence-corrected chi connectivity index (χ2v) is 5.77. The molecule has 0 radical (unpaired) electrons. The van der Waals surface area contributed by atoms with Crippen LogP contribution < -0.4 is 4.74 Å². The molecule has 0 heterocycles. The summed E-state index contributed by atoms with van der Waals surface area (Å²) in [6, 6.07) is 13.1. The number of hydrogen-bond acceptors (Lipinski definition) is 2. The van der Waals surface area contributed by atoms with Crippen LogP contribution in [-0.2, 0) is 6.42 Å². The van der Waals surface area contributed by atoms with E-state index in [-0.39, 0.29) is 12.2 Å². The van der Waals surface area contributed by atoms with E-state index in [1.54, 1.807) is 25.3 Å². The predicted molar refractivity (Wildman–Crippen MR) is 86.6 cm³/mol. The molecular weight excluding hydrogens is 284 g/mol. The summed E-state index contributed by atoms with van der Waals surface area (Å²) >= 11 is 5.99. The lowest BCUT2D eigenvalue weighted by atomic mass is 9.98. The Balaban J connectivity index is 2.19. The number of hydrogen-bond donors (Lipinski definition) is 0. The number of carbonyl (C=O) groups is 1. The van der Waals surface area contributed by atoms with Crippen LogP contribution in [0.1, 0.15) is 41.3 Å². The highest BCUT2D eigenvalue weighted by atomic mass is 35.5. The molecule has 2 rings (SSSR count). The van der Waals surface area contributed by atoms with Crippen molar-refractivity contribution < 1.29 is 9.53 Å². The lowest BCUT2D eigenvalue weighted by Crippen LogP contribution is -2.05. The first kappa shape index (κ1) is 15.6. The molecule has 3 heteroatoms. The van der Waals surface area contributed by atoms with Gasteiger partial charge in [-0.3, -0.25) is 4.79 Å². The SMILES string of the molecule is COc1ccc(Cl)cc1CC(=O)c1ccc(C(C)C)cc1. The van der Waals surface area contributed by atoms with Crippen molar-refractivity contribution in [2.45, 2.75) is 26.2 Å². The van der Waals surface area contributed by atoms with E-state index in [1.165, 1.54) is 5.56 Å². The van der Waals surface area contributed by atoms with Crippen LogP contribution in [0.25, 0.3) is 0 Å². The summed E-state index contributed by atoms with van der Waals surface area (Å²) in [6.07, 6.45) is 0.282. The van der Waals surface area contributed by atoms with E-state index in [0.29, 0.717) is 22.3 Å². The highest BCUT2D eigenvalue weighted by Crippen LogP contribution is 2.24. The smallest absolute Gasteiger partial charge is 0.167 e. The zero-order valence-corrected chi connectivity index (χ0v) is 13.3. The average Bonchev–Trinajstić information content (AvgIpc) is 2.47. The third-order valence-corrected chi connectivity index (χ3v) is 3.73. The van der Waals surface area contributed by atoms with Gasteiger partial charge in [0.25, 0.3) is 0 Å². The Morgan fingerprint density at radius 2 is 1.81 bits per heavy atom. The minimum atomic E-state index is 0.0610. The van der Waals surface area contributed by atoms with Gasteiger partial charge in [-0.2, -0.15) is 0 Å². The number of ketones is 1. The van der Waals surface area contributed by atoms with Crippen molar-refractivity contribution in [3.05, 3.63) is 64.2 Å². The number of methoxy groups -OCH3 is 1. The first-order chi connectivity index (χ1) is 10.0. The Hall–Kier alpha value is -1.80. The second kappa shape index (κ2) is 6.77. The van der Waals surface area contributed by atoms with Crippen LogP contribution in [0.15, 0.2) is 42.5 Å². The Labute approximate surface area is 130 Å². The highest BCUT2D eigenvalue weighted by Gasteiger charge is 2.12. The summed E-state index contributed by atoms with van der Waals surface area (Å²) in [7, 11) is 1.59. The summed E-state index contributed by atoms with van der Waals surface area (Å²) in [5, 5.41) is 0.605. The van der Waals surface area contributed by atoms with Crippen molar-refractivity contribution >= 4 is 17.4 Å². The molecule has 0 saturated carbocycles. The monoisotopic (exact) mass is 302 g/mol. The molecule has 0 N–H and O–H groups in total. The van der Waals surface area contributed by atoms with E-state index < -0.39 is 0 Å². The summed E-state index contributed by atoms with van der Waals surface area (Å²) < 4.78 is 5.28. The molecule has 0 spiro atoms. The average molecular weight is 303 g/mol. The first-order valence-electron chi connectivity index (χ1n) is 6.97. The largest absolute Gasteiger partial charge is 0.496 e. The van der Waals surface area contributed by atoms with Crippen LogP contribution in [0.3, 0.4) is 0 Å². The number of rotatable bonds is 5. The summed E-state index contributed by atoms with van der Waals surface area (Å²) in [5.74, 6) is 1.21. The van der Waals surface area contributed by atoms with Gasteiger partial charge in [0.05, 0.1) is 7.11 Å². The Bertz CT molecular complexity index is 630. The molecule has 0 unspecified atom stereocenters. The fourth-order valence-corrected chi connectivity index (χ4v) is 2.41. The standard InChI is InChI=1S/C18H19ClO2/c1-12(2)13-4-6-14(7-5-13)17(20)11-15-10-16(19)8-9-18(15)21-3/h4-10,12H,11H2,1-3H3. The highest BCUT2D eigenvalue weighted by molar-refractivity contribution is 6.30. The topological polar surface area (TPSA) is 26.3 Å². The number of ether oxygens (including phenoxy) is 1. The van der Waals surface area contributed by atoms with Gasteiger partial charge in [0, 0.05) is 22.6 Å². The summed E-state index contributed by atoms with van der Waals surface area (Å²) in [5.41, 5.74) is 2.75. The van der Waals surface area contributed by atoms with Crippen molar-refractivity contribution in [2.75, 3.05) is 7.11 Å². The van der Waals surface area contributed by atoms with Crippen LogP contribution in [0, 0.1) is 0 Å². The van der Waals surface area contributed by atoms with Crippen molar-refractivity contribution in [3.63, 3.8) is 0 Å². The fourth-order valence-electron chi connectivity index (χ4n) is 2.21. The van der Waals surface area contributed by atoms with Gasteiger partial charge in [0.15, 0.2) is 5.78 Å². The van der Waals surface area contributed by atoms with Gasteiger partial charge in [0.1, 0.15) is 5.75 Å². The minimum absolute atomic E-state index is 0.0610. The quantitative estimate of drug-likeness (QED) is 0.734. The van der Waals surface area contributed by atoms with Crippen molar-refractivity contribution in [1.29, 1.82) is 0 Å². The number of benzene rings is 2. The van der Waals surface area contributed by atoms with Crippen LogP contribution >= 0.6 is 11.6 Å². The zero-order chi connectivity index (χ0) is 15.4. The Kier molecular flexibility index (Phi) is 5.03. The molecule has 0 atom stereocenters. The molecule has 0 aliphatic rings. The van der Waals surface area contributed by atoms with Crippen molar-refractivity contribution in [2.24, 2.45) is 0 Å². The van der Waals surface area contributed by atoms with Gasteiger partial charge in [-0.15, -0.1) is 0 Å². The van der Waals surface area contributed by atoms with Crippen LogP contribution in [0.2, 0.25) is 5.02 Å². The minimum Gasteiger partial charge on any atom is -0.496 e. The van der Waals surface area contributed by atoms with E-state index in [1.807, 2.05) is 24.3 Å². The zero-order valence-electron chi connectivity index (χ0n) is 12.5. The van der Waals surface area contributed by atoms with Gasteiger partial charge in [-0.05, 0) is 29.7 Å². The lowest BCUT2D eigenvalue weighted by Gasteiger charge is -2.09. The third-order valence-electron chi connectivity index (χ3n) is 3.49.